The van der Waals surface area contributed by atoms with Gasteiger partial charge in [0.2, 0.25) is 0 Å². The maximum Gasteiger partial charge on any atom is 0.391 e. The van der Waals surface area contributed by atoms with Gasteiger partial charge in [0, 0.05) is 18.5 Å². The summed E-state index contributed by atoms with van der Waals surface area (Å²) in [5.41, 5.74) is 0.306. The van der Waals surface area contributed by atoms with Gasteiger partial charge >= 0.3 is 6.18 Å². The molecule has 0 aliphatic carbocycles. The first-order chi connectivity index (χ1) is 9.86. The molecular weight excluding hydrogens is 286 g/mol. The summed E-state index contributed by atoms with van der Waals surface area (Å²) in [7, 11) is 0. The Balaban J connectivity index is 1.78. The summed E-state index contributed by atoms with van der Waals surface area (Å²) in [6.45, 7) is 1.11. The van der Waals surface area contributed by atoms with Crippen molar-refractivity contribution in [2.75, 3.05) is 19.6 Å². The molecule has 1 aliphatic rings. The average molecular weight is 303 g/mol. The third kappa shape index (κ3) is 4.52. The minimum Gasteiger partial charge on any atom is -0.303 e. The molecule has 0 unspecified atom stereocenters. The third-order valence-corrected chi connectivity index (χ3v) is 3.85. The smallest absolute Gasteiger partial charge is 0.303 e. The van der Waals surface area contributed by atoms with Crippen LogP contribution in [0.25, 0.3) is 0 Å². The minimum atomic E-state index is -4.12. The number of nitrogens with zero attached hydrogens (tertiary/aromatic N) is 1. The van der Waals surface area contributed by atoms with Crippen molar-refractivity contribution in [3.8, 4) is 0 Å². The lowest BCUT2D eigenvalue weighted by Crippen LogP contribution is -2.39. The fraction of sp³-hybridized carbons (Fsp3) is 0.533. The number of halogens is 4. The van der Waals surface area contributed by atoms with Crippen LogP contribution >= 0.6 is 0 Å². The molecule has 2 rings (SSSR count). The van der Waals surface area contributed by atoms with E-state index in [4.69, 9.17) is 0 Å². The van der Waals surface area contributed by atoms with Gasteiger partial charge in [0.1, 0.15) is 5.82 Å². The molecule has 0 atom stereocenters. The average Bonchev–Trinajstić information content (AvgIpc) is 2.44. The molecule has 6 heteroatoms. The van der Waals surface area contributed by atoms with E-state index in [1.807, 2.05) is 4.90 Å². The summed E-state index contributed by atoms with van der Waals surface area (Å²) in [5, 5.41) is 0. The van der Waals surface area contributed by atoms with Gasteiger partial charge in [0.25, 0.3) is 0 Å². The molecule has 0 radical (unpaired) electrons. The highest BCUT2D eigenvalue weighted by atomic mass is 19.4. The molecule has 0 spiro atoms. The van der Waals surface area contributed by atoms with Crippen molar-refractivity contribution in [2.24, 2.45) is 5.92 Å². The molecule has 0 saturated carbocycles. The quantitative estimate of drug-likeness (QED) is 0.625. The van der Waals surface area contributed by atoms with E-state index in [2.05, 4.69) is 0 Å². The molecule has 0 amide bonds. The Kier molecular flexibility index (Phi) is 4.98. The molecule has 116 valence electrons. The fourth-order valence-electron chi connectivity index (χ4n) is 2.55. The molecule has 1 saturated heterocycles. The molecule has 1 aromatic carbocycles. The maximum atomic E-state index is 13.0. The molecule has 2 nitrogen and oxygen atoms in total. The summed E-state index contributed by atoms with van der Waals surface area (Å²) in [6.07, 6.45) is -3.76. The van der Waals surface area contributed by atoms with Crippen LogP contribution in [0.5, 0.6) is 0 Å². The topological polar surface area (TPSA) is 20.3 Å². The normalized spacial score (nSPS) is 17.9. The van der Waals surface area contributed by atoms with Crippen molar-refractivity contribution < 1.29 is 22.4 Å². The fourth-order valence-corrected chi connectivity index (χ4v) is 2.55. The van der Waals surface area contributed by atoms with Crippen LogP contribution in [-0.2, 0) is 0 Å². The summed E-state index contributed by atoms with van der Waals surface area (Å²) >= 11 is 0. The monoisotopic (exact) mass is 303 g/mol. The Bertz CT molecular complexity index is 493. The van der Waals surface area contributed by atoms with Crippen molar-refractivity contribution in [2.45, 2.75) is 25.4 Å². The standard InChI is InChI=1S/C15H17F4NO/c16-13-3-1-2-11(10-13)14(21)6-9-20-7-4-12(5-8-20)15(17,18)19/h1-3,10,12H,4-9H2. The van der Waals surface area contributed by atoms with E-state index in [-0.39, 0.29) is 25.0 Å². The van der Waals surface area contributed by atoms with Gasteiger partial charge in [-0.2, -0.15) is 13.2 Å². The number of ketones is 1. The predicted molar refractivity (Wildman–Crippen MR) is 70.6 cm³/mol. The summed E-state index contributed by atoms with van der Waals surface area (Å²) in [5.74, 6) is -1.88. The first-order valence-electron chi connectivity index (χ1n) is 6.94. The van der Waals surface area contributed by atoms with Gasteiger partial charge in [-0.3, -0.25) is 4.79 Å². The first kappa shape index (κ1) is 15.9. The van der Waals surface area contributed by atoms with E-state index < -0.39 is 17.9 Å². The van der Waals surface area contributed by atoms with Gasteiger partial charge in [-0.05, 0) is 38.1 Å². The Morgan fingerprint density at radius 2 is 1.90 bits per heavy atom. The second-order valence-electron chi connectivity index (χ2n) is 5.34. The van der Waals surface area contributed by atoms with Crippen molar-refractivity contribution in [3.63, 3.8) is 0 Å². The lowest BCUT2D eigenvalue weighted by atomic mass is 9.96. The Morgan fingerprint density at radius 3 is 2.48 bits per heavy atom. The van der Waals surface area contributed by atoms with E-state index in [1.165, 1.54) is 18.2 Å². The lowest BCUT2D eigenvalue weighted by molar-refractivity contribution is -0.185. The second-order valence-corrected chi connectivity index (χ2v) is 5.34. The zero-order chi connectivity index (χ0) is 15.5. The van der Waals surface area contributed by atoms with Crippen LogP contribution in [0.15, 0.2) is 24.3 Å². The SMILES string of the molecule is O=C(CCN1CCC(C(F)(F)F)CC1)c1cccc(F)c1. The number of piperidine rings is 1. The number of Topliss-reactive ketones (excluding diaryl/α,β-unsaturated/α-hetero) is 1. The molecule has 1 aliphatic heterocycles. The maximum absolute atomic E-state index is 13.0. The van der Waals surface area contributed by atoms with Gasteiger partial charge in [0.05, 0.1) is 5.92 Å². The third-order valence-electron chi connectivity index (χ3n) is 3.85. The molecule has 0 bridgehead atoms. The van der Waals surface area contributed by atoms with Gasteiger partial charge in [-0.1, -0.05) is 12.1 Å². The van der Waals surface area contributed by atoms with Crippen LogP contribution in [0.2, 0.25) is 0 Å². The predicted octanol–water partition coefficient (Wildman–Crippen LogP) is 3.67. The van der Waals surface area contributed by atoms with E-state index in [0.717, 1.165) is 0 Å². The Labute approximate surface area is 120 Å². The van der Waals surface area contributed by atoms with Crippen LogP contribution in [0.1, 0.15) is 29.6 Å². The molecular formula is C15H17F4NO. The zero-order valence-corrected chi connectivity index (χ0v) is 11.5. The number of hydrogen-bond donors (Lipinski definition) is 0. The van der Waals surface area contributed by atoms with E-state index in [0.29, 0.717) is 25.2 Å². The number of carbonyl (C=O) groups excluding carboxylic acids is 1. The number of benzene rings is 1. The molecule has 1 aromatic rings. The van der Waals surface area contributed by atoms with Crippen LogP contribution in [0.3, 0.4) is 0 Å². The Hall–Kier alpha value is -1.43. The van der Waals surface area contributed by atoms with Crippen molar-refractivity contribution in [1.82, 2.24) is 4.90 Å². The zero-order valence-electron chi connectivity index (χ0n) is 11.5. The molecule has 0 N–H and O–H groups in total. The molecule has 1 fully saturated rings. The Morgan fingerprint density at radius 1 is 1.24 bits per heavy atom. The summed E-state index contributed by atoms with van der Waals surface area (Å²) in [6, 6.07) is 5.45. The number of likely N-dealkylation sites (tertiary alicyclic amines) is 1. The molecule has 1 heterocycles. The lowest BCUT2D eigenvalue weighted by Gasteiger charge is -2.32. The second kappa shape index (κ2) is 6.56. The van der Waals surface area contributed by atoms with E-state index in [1.54, 1.807) is 6.07 Å². The van der Waals surface area contributed by atoms with Crippen LogP contribution in [0.4, 0.5) is 17.6 Å². The molecule has 0 aromatic heterocycles. The summed E-state index contributed by atoms with van der Waals surface area (Å²) < 4.78 is 50.6. The van der Waals surface area contributed by atoms with Crippen LogP contribution in [-0.4, -0.2) is 36.5 Å². The van der Waals surface area contributed by atoms with Gasteiger partial charge in [0.15, 0.2) is 5.78 Å². The number of alkyl halides is 3. The highest BCUT2D eigenvalue weighted by molar-refractivity contribution is 5.96. The summed E-state index contributed by atoms with van der Waals surface area (Å²) in [4.78, 5) is 13.8. The minimum absolute atomic E-state index is 0.0810. The number of hydrogen-bond acceptors (Lipinski definition) is 2. The van der Waals surface area contributed by atoms with Gasteiger partial charge in [-0.15, -0.1) is 0 Å². The van der Waals surface area contributed by atoms with Gasteiger partial charge in [-0.25, -0.2) is 4.39 Å². The van der Waals surface area contributed by atoms with Gasteiger partial charge < -0.3 is 4.90 Å². The highest BCUT2D eigenvalue weighted by Crippen LogP contribution is 2.34. The van der Waals surface area contributed by atoms with Crippen molar-refractivity contribution in [1.29, 1.82) is 0 Å². The first-order valence-corrected chi connectivity index (χ1v) is 6.94. The van der Waals surface area contributed by atoms with Crippen LogP contribution in [0, 0.1) is 11.7 Å². The van der Waals surface area contributed by atoms with E-state index >= 15 is 0 Å². The number of carbonyl (C=O) groups is 1. The highest BCUT2D eigenvalue weighted by Gasteiger charge is 2.40. The largest absolute Gasteiger partial charge is 0.391 e. The molecule has 21 heavy (non-hydrogen) atoms. The van der Waals surface area contributed by atoms with Crippen molar-refractivity contribution in [3.05, 3.63) is 35.6 Å². The van der Waals surface area contributed by atoms with Crippen molar-refractivity contribution >= 4 is 5.78 Å². The van der Waals surface area contributed by atoms with Crippen LogP contribution < -0.4 is 0 Å². The number of rotatable bonds is 4. The van der Waals surface area contributed by atoms with E-state index in [9.17, 15) is 22.4 Å².